The van der Waals surface area contributed by atoms with Crippen LogP contribution in [-0.2, 0) is 6.54 Å². The van der Waals surface area contributed by atoms with Gasteiger partial charge in [-0.25, -0.2) is 19.9 Å². The molecule has 2 aliphatic rings. The Morgan fingerprint density at radius 1 is 0.842 bits per heavy atom. The van der Waals surface area contributed by atoms with E-state index < -0.39 is 0 Å². The Hall–Kier alpha value is -3.72. The van der Waals surface area contributed by atoms with Gasteiger partial charge >= 0.3 is 0 Å². The average molecular weight is 512 g/mol. The van der Waals surface area contributed by atoms with Crippen molar-refractivity contribution in [2.75, 3.05) is 54.4 Å². The van der Waals surface area contributed by atoms with Crippen molar-refractivity contribution in [2.24, 2.45) is 0 Å². The Kier molecular flexibility index (Phi) is 7.09. The summed E-state index contributed by atoms with van der Waals surface area (Å²) in [4.78, 5) is 26.3. The molecule has 0 radical (unpaired) electrons. The summed E-state index contributed by atoms with van der Waals surface area (Å²) >= 11 is 0. The molecular formula is C29H37N9. The molecule has 3 aromatic heterocycles. The van der Waals surface area contributed by atoms with Gasteiger partial charge < -0.3 is 15.1 Å². The van der Waals surface area contributed by atoms with Crippen LogP contribution in [0.2, 0.25) is 0 Å². The first-order valence-electron chi connectivity index (χ1n) is 13.8. The van der Waals surface area contributed by atoms with E-state index in [9.17, 15) is 0 Å². The summed E-state index contributed by atoms with van der Waals surface area (Å²) in [5.74, 6) is 2.87. The normalized spacial score (nSPS) is 17.4. The number of aromatic nitrogens is 5. The minimum absolute atomic E-state index is 0.243. The summed E-state index contributed by atoms with van der Waals surface area (Å²) in [6.07, 6.45) is 5.72. The van der Waals surface area contributed by atoms with Crippen molar-refractivity contribution < 1.29 is 0 Å². The van der Waals surface area contributed by atoms with Crippen LogP contribution in [0.25, 0.3) is 11.2 Å². The summed E-state index contributed by atoms with van der Waals surface area (Å²) in [6, 6.07) is 17.5. The Bertz CT molecular complexity index is 1320. The molecule has 0 aliphatic carbocycles. The van der Waals surface area contributed by atoms with Crippen molar-refractivity contribution in [3.8, 4) is 0 Å². The molecule has 5 heterocycles. The number of piperidine rings is 1. The van der Waals surface area contributed by atoms with E-state index in [0.29, 0.717) is 6.04 Å². The molecule has 0 spiro atoms. The number of hydrogen-bond acceptors (Lipinski definition) is 8. The van der Waals surface area contributed by atoms with Gasteiger partial charge in [-0.15, -0.1) is 0 Å². The third-order valence-corrected chi connectivity index (χ3v) is 7.69. The number of nitrogens with zero attached hydrogens (tertiary/aromatic N) is 8. The molecule has 198 valence electrons. The van der Waals surface area contributed by atoms with Crippen LogP contribution in [0.1, 0.15) is 38.3 Å². The zero-order valence-electron chi connectivity index (χ0n) is 22.4. The van der Waals surface area contributed by atoms with E-state index in [-0.39, 0.29) is 6.04 Å². The van der Waals surface area contributed by atoms with E-state index in [1.165, 1.54) is 5.56 Å². The largest absolute Gasteiger partial charge is 0.365 e. The van der Waals surface area contributed by atoms with Crippen LogP contribution in [0.4, 0.5) is 17.6 Å². The highest BCUT2D eigenvalue weighted by Gasteiger charge is 2.27. The number of likely N-dealkylation sites (tertiary alicyclic amines) is 1. The molecule has 1 N–H and O–H groups in total. The minimum Gasteiger partial charge on any atom is -0.365 e. The van der Waals surface area contributed by atoms with Gasteiger partial charge in [-0.3, -0.25) is 9.47 Å². The van der Waals surface area contributed by atoms with Crippen LogP contribution >= 0.6 is 0 Å². The van der Waals surface area contributed by atoms with E-state index in [1.807, 2.05) is 18.3 Å². The predicted octanol–water partition coefficient (Wildman–Crippen LogP) is 4.21. The van der Waals surface area contributed by atoms with E-state index in [2.05, 4.69) is 89.8 Å². The standard InChI is InChI=1S/C29H37N9/c1-22(2)38-28-26(34-29(38)37-18-16-36(17-19-37)25-10-6-7-13-30-25)27(31-21-32-28)33-24-11-14-35(15-12-24)20-23-8-4-3-5-9-23/h3-10,13,21-22,24H,11-12,14-20H2,1-2H3,(H,31,32,33). The van der Waals surface area contributed by atoms with E-state index in [0.717, 1.165) is 87.4 Å². The van der Waals surface area contributed by atoms with E-state index in [4.69, 9.17) is 4.98 Å². The third-order valence-electron chi connectivity index (χ3n) is 7.69. The van der Waals surface area contributed by atoms with Gasteiger partial charge in [0.05, 0.1) is 0 Å². The van der Waals surface area contributed by atoms with Crippen LogP contribution in [0.15, 0.2) is 61.1 Å². The molecule has 1 aromatic carbocycles. The van der Waals surface area contributed by atoms with Gasteiger partial charge in [0.25, 0.3) is 0 Å². The summed E-state index contributed by atoms with van der Waals surface area (Å²) < 4.78 is 2.26. The third kappa shape index (κ3) is 5.15. The van der Waals surface area contributed by atoms with Gasteiger partial charge in [0, 0.05) is 64.1 Å². The van der Waals surface area contributed by atoms with Crippen LogP contribution in [-0.4, -0.2) is 74.7 Å². The number of imidazole rings is 1. The van der Waals surface area contributed by atoms with Gasteiger partial charge in [0.2, 0.25) is 5.95 Å². The average Bonchev–Trinajstić information content (AvgIpc) is 3.36. The monoisotopic (exact) mass is 511 g/mol. The maximum Gasteiger partial charge on any atom is 0.208 e. The SMILES string of the molecule is CC(C)n1c(N2CCN(c3ccccn3)CC2)nc2c(NC3CCN(Cc4ccccc4)CC3)ncnc21. The van der Waals surface area contributed by atoms with E-state index >= 15 is 0 Å². The molecule has 0 atom stereocenters. The minimum atomic E-state index is 0.243. The number of anilines is 3. The highest BCUT2D eigenvalue weighted by atomic mass is 15.4. The van der Waals surface area contributed by atoms with Crippen LogP contribution in [0.5, 0.6) is 0 Å². The second-order valence-electron chi connectivity index (χ2n) is 10.6. The molecule has 6 rings (SSSR count). The summed E-state index contributed by atoms with van der Waals surface area (Å²) in [5.41, 5.74) is 3.15. The molecule has 0 bridgehead atoms. The molecule has 9 heteroatoms. The lowest BCUT2D eigenvalue weighted by Crippen LogP contribution is -2.47. The molecule has 2 fully saturated rings. The van der Waals surface area contributed by atoms with Crippen LogP contribution in [0, 0.1) is 0 Å². The molecule has 2 aliphatic heterocycles. The first-order chi connectivity index (χ1) is 18.7. The van der Waals surface area contributed by atoms with Gasteiger partial charge in [0.15, 0.2) is 17.0 Å². The lowest BCUT2D eigenvalue weighted by Gasteiger charge is -2.36. The summed E-state index contributed by atoms with van der Waals surface area (Å²) in [6.45, 7) is 11.2. The number of hydrogen-bond donors (Lipinski definition) is 1. The van der Waals surface area contributed by atoms with Crippen LogP contribution in [0.3, 0.4) is 0 Å². The van der Waals surface area contributed by atoms with Gasteiger partial charge in [-0.1, -0.05) is 36.4 Å². The quantitative estimate of drug-likeness (QED) is 0.396. The topological polar surface area (TPSA) is 78.2 Å². The fourth-order valence-corrected chi connectivity index (χ4v) is 5.65. The fourth-order valence-electron chi connectivity index (χ4n) is 5.65. The maximum atomic E-state index is 5.15. The molecular weight excluding hydrogens is 474 g/mol. The Balaban J connectivity index is 1.16. The fraction of sp³-hybridized carbons (Fsp3) is 0.448. The zero-order chi connectivity index (χ0) is 25.9. The molecule has 38 heavy (non-hydrogen) atoms. The first kappa shape index (κ1) is 24.6. The van der Waals surface area contributed by atoms with Gasteiger partial charge in [0.1, 0.15) is 12.1 Å². The van der Waals surface area contributed by atoms with Crippen molar-refractivity contribution in [1.82, 2.24) is 29.4 Å². The molecule has 4 aromatic rings. The maximum absolute atomic E-state index is 5.15. The molecule has 0 saturated carbocycles. The molecule has 2 saturated heterocycles. The first-order valence-corrected chi connectivity index (χ1v) is 13.8. The summed E-state index contributed by atoms with van der Waals surface area (Å²) in [5, 5.41) is 3.73. The molecule has 0 unspecified atom stereocenters. The predicted molar refractivity (Wildman–Crippen MR) is 153 cm³/mol. The highest BCUT2D eigenvalue weighted by Crippen LogP contribution is 2.30. The van der Waals surface area contributed by atoms with Gasteiger partial charge in [-0.2, -0.15) is 0 Å². The number of nitrogens with one attached hydrogen (secondary N) is 1. The zero-order valence-corrected chi connectivity index (χ0v) is 22.4. The van der Waals surface area contributed by atoms with Gasteiger partial charge in [-0.05, 0) is 44.4 Å². The summed E-state index contributed by atoms with van der Waals surface area (Å²) in [7, 11) is 0. The van der Waals surface area contributed by atoms with Crippen molar-refractivity contribution >= 4 is 28.7 Å². The lowest BCUT2D eigenvalue weighted by atomic mass is 10.0. The van der Waals surface area contributed by atoms with Crippen molar-refractivity contribution in [2.45, 2.75) is 45.3 Å². The second-order valence-corrected chi connectivity index (χ2v) is 10.6. The molecule has 9 nitrogen and oxygen atoms in total. The Labute approximate surface area is 224 Å². The van der Waals surface area contributed by atoms with E-state index in [1.54, 1.807) is 6.33 Å². The van der Waals surface area contributed by atoms with Crippen molar-refractivity contribution in [3.05, 3.63) is 66.6 Å². The Morgan fingerprint density at radius 3 is 2.29 bits per heavy atom. The van der Waals surface area contributed by atoms with Crippen LogP contribution < -0.4 is 15.1 Å². The van der Waals surface area contributed by atoms with Crippen molar-refractivity contribution in [3.63, 3.8) is 0 Å². The number of rotatable bonds is 7. The molecule has 0 amide bonds. The lowest BCUT2D eigenvalue weighted by molar-refractivity contribution is 0.211. The highest BCUT2D eigenvalue weighted by molar-refractivity contribution is 5.85. The Morgan fingerprint density at radius 2 is 1.58 bits per heavy atom. The smallest absolute Gasteiger partial charge is 0.208 e. The number of piperazine rings is 1. The number of fused-ring (bicyclic) bond motifs is 1. The number of benzene rings is 1. The second kappa shape index (κ2) is 10.9. The number of pyridine rings is 1. The van der Waals surface area contributed by atoms with Crippen molar-refractivity contribution in [1.29, 1.82) is 0 Å².